The van der Waals surface area contributed by atoms with E-state index >= 15 is 0 Å². The molecule has 1 fully saturated rings. The summed E-state index contributed by atoms with van der Waals surface area (Å²) in [5.41, 5.74) is 2.26. The van der Waals surface area contributed by atoms with Crippen LogP contribution in [0.3, 0.4) is 0 Å². The molecule has 1 saturated heterocycles. The predicted octanol–water partition coefficient (Wildman–Crippen LogP) is 4.79. The molecule has 3 aromatic carbocycles. The van der Waals surface area contributed by atoms with Crippen LogP contribution >= 0.6 is 23.4 Å². The molecule has 4 atom stereocenters. The van der Waals surface area contributed by atoms with Gasteiger partial charge in [-0.2, -0.15) is 0 Å². The zero-order valence-corrected chi connectivity index (χ0v) is 35.1. The van der Waals surface area contributed by atoms with E-state index in [2.05, 4.69) is 41.8 Å². The molecule has 0 bridgehead atoms. The van der Waals surface area contributed by atoms with Crippen molar-refractivity contribution in [3.63, 3.8) is 0 Å². The van der Waals surface area contributed by atoms with Crippen LogP contribution in [0.2, 0.25) is 5.02 Å². The maximum absolute atomic E-state index is 14.3. The van der Waals surface area contributed by atoms with Gasteiger partial charge in [0.1, 0.15) is 17.4 Å². The van der Waals surface area contributed by atoms with E-state index in [0.29, 0.717) is 59.9 Å². The third-order valence-corrected chi connectivity index (χ3v) is 11.7. The molecule has 3 aromatic heterocycles. The van der Waals surface area contributed by atoms with Crippen LogP contribution < -0.4 is 16.0 Å². The molecule has 3 amide bonds. The number of hydrogen-bond donors (Lipinski definition) is 3. The van der Waals surface area contributed by atoms with Crippen LogP contribution in [0.15, 0.2) is 101 Å². The van der Waals surface area contributed by atoms with Crippen molar-refractivity contribution in [1.29, 1.82) is 0 Å². The topological polar surface area (TPSA) is 187 Å². The van der Waals surface area contributed by atoms with Crippen LogP contribution in [-0.2, 0) is 34.0 Å². The number of aryl methyl sites for hydroxylation is 1. The van der Waals surface area contributed by atoms with Gasteiger partial charge in [-0.1, -0.05) is 77.5 Å². The van der Waals surface area contributed by atoms with E-state index in [9.17, 15) is 14.4 Å². The van der Waals surface area contributed by atoms with E-state index in [0.717, 1.165) is 34.1 Å². The number of carbonyl (C=O) groups is 3. The Kier molecular flexibility index (Phi) is 14.1. The van der Waals surface area contributed by atoms with Gasteiger partial charge in [-0.05, 0) is 92.0 Å². The van der Waals surface area contributed by atoms with Crippen LogP contribution in [0.4, 0.5) is 0 Å². The molecule has 0 aliphatic carbocycles. The molecule has 0 unspecified atom stereocenters. The number of halogens is 1. The van der Waals surface area contributed by atoms with Gasteiger partial charge in [-0.25, -0.2) is 9.67 Å². The summed E-state index contributed by atoms with van der Waals surface area (Å²) in [5.74, 6) is -0.852. The highest BCUT2D eigenvalue weighted by atomic mass is 35.5. The summed E-state index contributed by atoms with van der Waals surface area (Å²) in [6, 6.07) is 25.2. The number of nitrogens with one attached hydrogen (secondary N) is 3. The highest BCUT2D eigenvalue weighted by Crippen LogP contribution is 2.32. The Morgan fingerprint density at radius 1 is 0.983 bits per heavy atom. The first-order valence-electron chi connectivity index (χ1n) is 19.9. The number of benzene rings is 3. The number of hydrogen-bond acceptors (Lipinski definition) is 12. The van der Waals surface area contributed by atoms with Crippen molar-refractivity contribution in [2.24, 2.45) is 0 Å². The quantitative estimate of drug-likeness (QED) is 0.101. The zero-order valence-electron chi connectivity index (χ0n) is 33.6. The van der Waals surface area contributed by atoms with Crippen LogP contribution in [0.25, 0.3) is 22.0 Å². The van der Waals surface area contributed by atoms with Crippen molar-refractivity contribution < 1.29 is 19.1 Å². The van der Waals surface area contributed by atoms with Crippen molar-refractivity contribution in [2.75, 3.05) is 20.1 Å². The van der Waals surface area contributed by atoms with E-state index in [-0.39, 0.29) is 30.4 Å². The lowest BCUT2D eigenvalue weighted by Crippen LogP contribution is -2.58. The fraction of sp³-hybridized carbons (Fsp3) is 0.357. The number of likely N-dealkylation sites (tertiary alicyclic amines) is 1. The Morgan fingerprint density at radius 2 is 1.77 bits per heavy atom. The minimum atomic E-state index is -0.961. The van der Waals surface area contributed by atoms with Crippen LogP contribution in [0.1, 0.15) is 49.3 Å². The fourth-order valence-corrected chi connectivity index (χ4v) is 8.02. The van der Waals surface area contributed by atoms with Crippen LogP contribution in [0.5, 0.6) is 0 Å². The van der Waals surface area contributed by atoms with Gasteiger partial charge in [0.15, 0.2) is 0 Å². The summed E-state index contributed by atoms with van der Waals surface area (Å²) in [6.45, 7) is 5.37. The van der Waals surface area contributed by atoms with Gasteiger partial charge < -0.3 is 25.6 Å². The van der Waals surface area contributed by atoms with E-state index in [1.807, 2.05) is 72.8 Å². The van der Waals surface area contributed by atoms with Crippen molar-refractivity contribution in [1.82, 2.24) is 61.0 Å². The lowest BCUT2D eigenvalue weighted by Gasteiger charge is -2.32. The smallest absolute Gasteiger partial charge is 0.269 e. The number of fused-ring (bicyclic) bond motifs is 1. The number of rotatable bonds is 18. The molecule has 1 aliphatic rings. The third kappa shape index (κ3) is 10.3. The van der Waals surface area contributed by atoms with Crippen LogP contribution in [0, 0.1) is 0 Å². The number of likely N-dealkylation sites (N-methyl/N-ethyl adjacent to an activating group) is 1. The Morgan fingerprint density at radius 3 is 2.58 bits per heavy atom. The Labute approximate surface area is 356 Å². The number of ether oxygens (including phenoxy) is 1. The van der Waals surface area contributed by atoms with Gasteiger partial charge in [-0.15, -0.1) is 10.2 Å². The predicted molar refractivity (Wildman–Crippen MR) is 227 cm³/mol. The first-order chi connectivity index (χ1) is 29.2. The minimum Gasteiger partial charge on any atom is -0.369 e. The first-order valence-corrected chi connectivity index (χ1v) is 21.1. The Balaban J connectivity index is 0.938. The maximum Gasteiger partial charge on any atom is 0.269 e. The van der Waals surface area contributed by atoms with E-state index < -0.39 is 18.2 Å². The molecule has 0 spiro atoms. The molecule has 0 radical (unpaired) electrons. The van der Waals surface area contributed by atoms with Crippen molar-refractivity contribution >= 4 is 51.9 Å². The standard InChI is InChI=1S/C42H47ClN12O4S/c1-27(44-3)39(56)47-37(41(58)54-22-11-14-31(54)25-55-42(49-50-52-55)60-32-15-5-4-6-16-32)28(2)59-26-30-24-53(51-48-30)21-12-20-45-40(57)36-23-29-13-7-8-17-33(29)38(46-36)34-18-9-10-19-35(34)43/h4-10,13,15-19,23-24,27-28,31,37,44H,11-12,14,20-22,25-26H2,1-3H3,(H,45,57)(H,47,56)/t27-,28+,31-,37-/m0/s1. The molecule has 16 nitrogen and oxygen atoms in total. The van der Waals surface area contributed by atoms with Crippen molar-refractivity contribution in [3.05, 3.63) is 108 Å². The number of aromatic nitrogens is 8. The van der Waals surface area contributed by atoms with Gasteiger partial charge >= 0.3 is 0 Å². The number of nitrogens with zero attached hydrogens (tertiary/aromatic N) is 9. The summed E-state index contributed by atoms with van der Waals surface area (Å²) < 4.78 is 9.60. The van der Waals surface area contributed by atoms with Crippen LogP contribution in [-0.4, -0.2) is 107 Å². The average molecular weight is 851 g/mol. The SMILES string of the molecule is CN[C@@H](C)C(=O)N[C@H](C(=O)N1CCC[C@H]1Cn1nnnc1Sc1ccccc1)[C@@H](C)OCc1cn(CCCNC(=O)c2cc3ccccc3c(-c3ccccc3Cl)n2)nn1. The molecular formula is C42H47ClN12O4S. The molecule has 312 valence electrons. The lowest BCUT2D eigenvalue weighted by molar-refractivity contribution is -0.142. The highest BCUT2D eigenvalue weighted by molar-refractivity contribution is 7.99. The molecule has 18 heteroatoms. The number of pyridine rings is 1. The van der Waals surface area contributed by atoms with Crippen molar-refractivity contribution in [2.45, 2.75) is 87.1 Å². The maximum atomic E-state index is 14.3. The van der Waals surface area contributed by atoms with Gasteiger partial charge in [0, 0.05) is 40.5 Å². The fourth-order valence-electron chi connectivity index (χ4n) is 7.00. The molecule has 4 heterocycles. The zero-order chi connectivity index (χ0) is 42.0. The number of amides is 3. The molecule has 1 aliphatic heterocycles. The average Bonchev–Trinajstić information content (AvgIpc) is 4.05. The van der Waals surface area contributed by atoms with E-state index in [1.54, 1.807) is 53.5 Å². The normalized spacial score (nSPS) is 15.5. The summed E-state index contributed by atoms with van der Waals surface area (Å²) in [4.78, 5) is 48.2. The summed E-state index contributed by atoms with van der Waals surface area (Å²) in [5, 5.41) is 32.6. The van der Waals surface area contributed by atoms with Crippen molar-refractivity contribution in [3.8, 4) is 11.3 Å². The molecular weight excluding hydrogens is 804 g/mol. The molecule has 60 heavy (non-hydrogen) atoms. The van der Waals surface area contributed by atoms with E-state index in [4.69, 9.17) is 21.3 Å². The van der Waals surface area contributed by atoms with Gasteiger partial charge in [0.05, 0.1) is 43.2 Å². The van der Waals surface area contributed by atoms with E-state index in [1.165, 1.54) is 11.8 Å². The Bertz CT molecular complexity index is 2410. The molecule has 7 rings (SSSR count). The highest BCUT2D eigenvalue weighted by Gasteiger charge is 2.38. The monoisotopic (exact) mass is 850 g/mol. The summed E-state index contributed by atoms with van der Waals surface area (Å²) >= 11 is 7.97. The summed E-state index contributed by atoms with van der Waals surface area (Å²) in [6.07, 6.45) is 3.21. The largest absolute Gasteiger partial charge is 0.369 e. The molecule has 6 aromatic rings. The number of tetrazole rings is 1. The lowest BCUT2D eigenvalue weighted by atomic mass is 10.0. The molecule has 0 saturated carbocycles. The first kappa shape index (κ1) is 42.4. The second kappa shape index (κ2) is 20.0. The van der Waals surface area contributed by atoms with Gasteiger partial charge in [-0.3, -0.25) is 19.1 Å². The Hall–Kier alpha value is -5.75. The summed E-state index contributed by atoms with van der Waals surface area (Å²) in [7, 11) is 1.69. The number of carbonyl (C=O) groups excluding carboxylic acids is 3. The third-order valence-electron chi connectivity index (χ3n) is 10.4. The van der Waals surface area contributed by atoms with Gasteiger partial charge in [0.2, 0.25) is 17.0 Å². The second-order valence-electron chi connectivity index (χ2n) is 14.5. The minimum absolute atomic E-state index is 0.0641. The van der Waals surface area contributed by atoms with Gasteiger partial charge in [0.25, 0.3) is 5.91 Å². The molecule has 3 N–H and O–H groups in total. The second-order valence-corrected chi connectivity index (χ2v) is 16.0.